The standard InChI is InChI=1S/C17H18FN3O3.C9H6FNO/c18-13-7-11-14(8-15(13)20-5-3-19-4-6-20)21(10-1-2-10)9-12(16(11)22)17(23)24;10-7-2-3-8-6(5-7)1-4-9(12)11-8/h7-10,19H,1-6H2,(H,23,24);1-5H,(H,11,12). The summed E-state index contributed by atoms with van der Waals surface area (Å²) in [6.07, 6.45) is 3.29. The van der Waals surface area contributed by atoms with Crippen molar-refractivity contribution in [2.75, 3.05) is 31.1 Å². The zero-order valence-electron chi connectivity index (χ0n) is 19.3. The third-order valence-electron chi connectivity index (χ3n) is 6.41. The third kappa shape index (κ3) is 4.72. The van der Waals surface area contributed by atoms with Crippen LogP contribution in [0.15, 0.2) is 58.3 Å². The van der Waals surface area contributed by atoms with Crippen molar-refractivity contribution >= 4 is 33.5 Å². The van der Waals surface area contributed by atoms with Crippen molar-refractivity contribution < 1.29 is 18.7 Å². The Hall–Kier alpha value is -4.05. The Labute approximate surface area is 203 Å². The molecule has 36 heavy (non-hydrogen) atoms. The van der Waals surface area contributed by atoms with Gasteiger partial charge < -0.3 is 24.9 Å². The van der Waals surface area contributed by atoms with E-state index < -0.39 is 17.2 Å². The van der Waals surface area contributed by atoms with Crippen molar-refractivity contribution in [3.8, 4) is 0 Å². The van der Waals surface area contributed by atoms with Gasteiger partial charge in [-0.15, -0.1) is 0 Å². The number of H-pyrrole nitrogens is 1. The molecule has 0 unspecified atom stereocenters. The molecular formula is C26H24F2N4O4. The van der Waals surface area contributed by atoms with Gasteiger partial charge in [0.05, 0.1) is 11.2 Å². The highest BCUT2D eigenvalue weighted by atomic mass is 19.1. The normalized spacial score (nSPS) is 15.6. The molecule has 0 spiro atoms. The van der Waals surface area contributed by atoms with E-state index in [1.807, 2.05) is 9.47 Å². The van der Waals surface area contributed by atoms with Gasteiger partial charge >= 0.3 is 5.97 Å². The van der Waals surface area contributed by atoms with Gasteiger partial charge in [0.15, 0.2) is 0 Å². The van der Waals surface area contributed by atoms with Crippen LogP contribution in [0.2, 0.25) is 0 Å². The molecule has 6 rings (SSSR count). The summed E-state index contributed by atoms with van der Waals surface area (Å²) in [6, 6.07) is 10.3. The van der Waals surface area contributed by atoms with E-state index in [2.05, 4.69) is 10.3 Å². The summed E-state index contributed by atoms with van der Waals surface area (Å²) in [5, 5.41) is 13.3. The maximum Gasteiger partial charge on any atom is 0.341 e. The number of hydrogen-bond donors (Lipinski definition) is 3. The molecule has 1 aliphatic heterocycles. The van der Waals surface area contributed by atoms with Gasteiger partial charge in [0, 0.05) is 60.8 Å². The van der Waals surface area contributed by atoms with Crippen molar-refractivity contribution in [3.63, 3.8) is 0 Å². The van der Waals surface area contributed by atoms with Gasteiger partial charge in [0.25, 0.3) is 0 Å². The number of carboxylic acid groups (broad SMARTS) is 1. The van der Waals surface area contributed by atoms with Gasteiger partial charge in [-0.3, -0.25) is 9.59 Å². The fraction of sp³-hybridized carbons (Fsp3) is 0.269. The zero-order valence-corrected chi connectivity index (χ0v) is 19.3. The van der Waals surface area contributed by atoms with Crippen LogP contribution < -0.4 is 21.2 Å². The quantitative estimate of drug-likeness (QED) is 0.404. The van der Waals surface area contributed by atoms with Crippen LogP contribution in [-0.2, 0) is 0 Å². The van der Waals surface area contributed by atoms with Crippen LogP contribution >= 0.6 is 0 Å². The SMILES string of the molecule is O=C(O)c1cn(C2CC2)c2cc(N3CCNCC3)c(F)cc2c1=O.O=c1ccc2cc(F)ccc2[nH]1. The fourth-order valence-electron chi connectivity index (χ4n) is 4.44. The second-order valence-electron chi connectivity index (χ2n) is 8.93. The lowest BCUT2D eigenvalue weighted by atomic mass is 10.1. The molecule has 2 aromatic carbocycles. The molecule has 0 bridgehead atoms. The topological polar surface area (TPSA) is 107 Å². The second-order valence-corrected chi connectivity index (χ2v) is 8.93. The van der Waals surface area contributed by atoms with Crippen LogP contribution in [0.1, 0.15) is 29.2 Å². The number of rotatable bonds is 3. The number of piperazine rings is 1. The van der Waals surface area contributed by atoms with E-state index in [0.717, 1.165) is 25.9 Å². The van der Waals surface area contributed by atoms with Gasteiger partial charge in [0.2, 0.25) is 11.0 Å². The number of nitrogens with zero attached hydrogens (tertiary/aromatic N) is 2. The minimum absolute atomic E-state index is 0.137. The molecule has 0 amide bonds. The largest absolute Gasteiger partial charge is 0.477 e. The number of carbonyl (C=O) groups is 1. The first-order chi connectivity index (χ1) is 17.3. The van der Waals surface area contributed by atoms with E-state index in [4.69, 9.17) is 0 Å². The number of anilines is 1. The van der Waals surface area contributed by atoms with E-state index in [9.17, 15) is 28.3 Å². The van der Waals surface area contributed by atoms with E-state index in [0.29, 0.717) is 35.2 Å². The van der Waals surface area contributed by atoms with E-state index in [1.165, 1.54) is 30.5 Å². The molecular weight excluding hydrogens is 470 g/mol. The molecule has 2 aliphatic rings. The number of benzene rings is 2. The monoisotopic (exact) mass is 494 g/mol. The minimum Gasteiger partial charge on any atom is -0.477 e. The highest BCUT2D eigenvalue weighted by molar-refractivity contribution is 5.93. The Bertz CT molecular complexity index is 1590. The predicted octanol–water partition coefficient (Wildman–Crippen LogP) is 3.25. The van der Waals surface area contributed by atoms with Gasteiger partial charge in [-0.05, 0) is 49.2 Å². The Morgan fingerprint density at radius 3 is 2.44 bits per heavy atom. The van der Waals surface area contributed by atoms with Crippen LogP contribution in [0.3, 0.4) is 0 Å². The molecule has 3 heterocycles. The molecule has 4 aromatic rings. The summed E-state index contributed by atoms with van der Waals surface area (Å²) in [4.78, 5) is 39.1. The highest BCUT2D eigenvalue weighted by Crippen LogP contribution is 2.38. The number of aromatic amines is 1. The van der Waals surface area contributed by atoms with Crippen molar-refractivity contribution in [1.82, 2.24) is 14.9 Å². The Morgan fingerprint density at radius 1 is 1.00 bits per heavy atom. The molecule has 0 atom stereocenters. The lowest BCUT2D eigenvalue weighted by molar-refractivity contribution is 0.0695. The number of fused-ring (bicyclic) bond motifs is 2. The fourth-order valence-corrected chi connectivity index (χ4v) is 4.44. The Balaban J connectivity index is 0.000000186. The smallest absolute Gasteiger partial charge is 0.341 e. The summed E-state index contributed by atoms with van der Waals surface area (Å²) in [7, 11) is 0. The van der Waals surface area contributed by atoms with E-state index in [-0.39, 0.29) is 28.4 Å². The maximum absolute atomic E-state index is 14.6. The molecule has 1 aliphatic carbocycles. The number of halogens is 2. The van der Waals surface area contributed by atoms with Gasteiger partial charge in [0.1, 0.15) is 17.2 Å². The third-order valence-corrected chi connectivity index (χ3v) is 6.41. The number of aromatic carboxylic acids is 1. The van der Waals surface area contributed by atoms with Crippen LogP contribution in [0.4, 0.5) is 14.5 Å². The van der Waals surface area contributed by atoms with Crippen LogP contribution in [-0.4, -0.2) is 46.8 Å². The van der Waals surface area contributed by atoms with Crippen molar-refractivity contribution in [3.05, 3.63) is 86.4 Å². The average molecular weight is 494 g/mol. The van der Waals surface area contributed by atoms with Gasteiger partial charge in [-0.2, -0.15) is 0 Å². The summed E-state index contributed by atoms with van der Waals surface area (Å²) in [5.74, 6) is -2.05. The molecule has 8 nitrogen and oxygen atoms in total. The number of carboxylic acids is 1. The molecule has 186 valence electrons. The number of hydrogen-bond acceptors (Lipinski definition) is 5. The van der Waals surface area contributed by atoms with Gasteiger partial charge in [-0.1, -0.05) is 0 Å². The van der Waals surface area contributed by atoms with Crippen LogP contribution in [0, 0.1) is 11.6 Å². The Morgan fingerprint density at radius 2 is 1.75 bits per heavy atom. The zero-order chi connectivity index (χ0) is 25.4. The van der Waals surface area contributed by atoms with E-state index in [1.54, 1.807) is 18.2 Å². The van der Waals surface area contributed by atoms with Gasteiger partial charge in [-0.25, -0.2) is 13.6 Å². The summed E-state index contributed by atoms with van der Waals surface area (Å²) in [6.45, 7) is 2.96. The van der Waals surface area contributed by atoms with Crippen molar-refractivity contribution in [2.45, 2.75) is 18.9 Å². The summed E-state index contributed by atoms with van der Waals surface area (Å²) < 4.78 is 29.1. The van der Waals surface area contributed by atoms with Crippen molar-refractivity contribution in [2.24, 2.45) is 0 Å². The predicted molar refractivity (Wildman–Crippen MR) is 133 cm³/mol. The second kappa shape index (κ2) is 9.54. The Kier molecular flexibility index (Phi) is 6.27. The molecule has 1 saturated heterocycles. The highest BCUT2D eigenvalue weighted by Gasteiger charge is 2.28. The van der Waals surface area contributed by atoms with Crippen molar-refractivity contribution in [1.29, 1.82) is 0 Å². The van der Waals surface area contributed by atoms with Crippen LogP contribution in [0.5, 0.6) is 0 Å². The lowest BCUT2D eigenvalue weighted by Crippen LogP contribution is -2.43. The molecule has 10 heteroatoms. The first-order valence-corrected chi connectivity index (χ1v) is 11.7. The number of aromatic nitrogens is 2. The summed E-state index contributed by atoms with van der Waals surface area (Å²) >= 11 is 0. The lowest BCUT2D eigenvalue weighted by Gasteiger charge is -2.30. The van der Waals surface area contributed by atoms with Crippen LogP contribution in [0.25, 0.3) is 21.8 Å². The van der Waals surface area contributed by atoms with E-state index >= 15 is 0 Å². The molecule has 1 saturated carbocycles. The average Bonchev–Trinajstić information content (AvgIpc) is 3.71. The first kappa shape index (κ1) is 23.7. The molecule has 2 fully saturated rings. The summed E-state index contributed by atoms with van der Waals surface area (Å²) in [5.41, 5.74) is 0.644. The minimum atomic E-state index is -1.28. The first-order valence-electron chi connectivity index (χ1n) is 11.7. The molecule has 2 aromatic heterocycles. The maximum atomic E-state index is 14.6. The molecule has 0 radical (unpaired) electrons. The number of pyridine rings is 2. The number of nitrogens with one attached hydrogen (secondary N) is 2. The molecule has 3 N–H and O–H groups in total.